The minimum atomic E-state index is -0.399. The highest BCUT2D eigenvalue weighted by Gasteiger charge is 2.09. The van der Waals surface area contributed by atoms with Crippen LogP contribution >= 0.6 is 0 Å². The first-order chi connectivity index (χ1) is 10.6. The largest absolute Gasteiger partial charge is 0.483 e. The summed E-state index contributed by atoms with van der Waals surface area (Å²) in [6.45, 7) is -0.193. The Morgan fingerprint density at radius 2 is 1.82 bits per heavy atom. The minimum Gasteiger partial charge on any atom is -0.483 e. The normalized spacial score (nSPS) is 10.6. The van der Waals surface area contributed by atoms with Crippen LogP contribution in [0.1, 0.15) is 10.4 Å². The molecule has 5 heteroatoms. The van der Waals surface area contributed by atoms with Gasteiger partial charge in [-0.3, -0.25) is 9.59 Å². The van der Waals surface area contributed by atoms with Gasteiger partial charge in [0.2, 0.25) is 5.56 Å². The van der Waals surface area contributed by atoms with E-state index in [1.165, 1.54) is 30.3 Å². The number of benzene rings is 2. The van der Waals surface area contributed by atoms with E-state index in [0.717, 1.165) is 5.39 Å². The zero-order chi connectivity index (χ0) is 15.5. The van der Waals surface area contributed by atoms with Crippen LogP contribution in [0, 0.1) is 5.82 Å². The van der Waals surface area contributed by atoms with Crippen LogP contribution in [0.4, 0.5) is 4.39 Å². The van der Waals surface area contributed by atoms with Crippen LogP contribution in [0.5, 0.6) is 5.75 Å². The molecule has 0 saturated carbocycles. The lowest BCUT2D eigenvalue weighted by Crippen LogP contribution is -2.12. The molecule has 0 unspecified atom stereocenters. The molecular formula is C17H12FNO3. The average Bonchev–Trinajstić information content (AvgIpc) is 2.53. The lowest BCUT2D eigenvalue weighted by molar-refractivity contribution is 0.0922. The maximum atomic E-state index is 12.8. The third-order valence-corrected chi connectivity index (χ3v) is 3.25. The highest BCUT2D eigenvalue weighted by atomic mass is 19.1. The molecule has 1 aromatic heterocycles. The fourth-order valence-electron chi connectivity index (χ4n) is 2.13. The molecule has 2 aromatic carbocycles. The van der Waals surface area contributed by atoms with Crippen LogP contribution in [0.2, 0.25) is 0 Å². The summed E-state index contributed by atoms with van der Waals surface area (Å²) in [6, 6.07) is 13.7. The number of hydrogen-bond acceptors (Lipinski definition) is 3. The van der Waals surface area contributed by atoms with Gasteiger partial charge < -0.3 is 9.72 Å². The molecule has 0 aliphatic heterocycles. The second-order valence-corrected chi connectivity index (χ2v) is 4.76. The first-order valence-corrected chi connectivity index (χ1v) is 6.67. The number of aromatic nitrogens is 1. The lowest BCUT2D eigenvalue weighted by Gasteiger charge is -2.08. The summed E-state index contributed by atoms with van der Waals surface area (Å²) >= 11 is 0. The molecule has 1 N–H and O–H groups in total. The van der Waals surface area contributed by atoms with Gasteiger partial charge in [-0.15, -0.1) is 0 Å². The Balaban J connectivity index is 1.82. The number of aromatic amines is 1. The summed E-state index contributed by atoms with van der Waals surface area (Å²) in [6.07, 6.45) is 0. The van der Waals surface area contributed by atoms with Crippen molar-refractivity contribution < 1.29 is 13.9 Å². The second kappa shape index (κ2) is 5.81. The molecule has 0 fully saturated rings. The van der Waals surface area contributed by atoms with E-state index in [2.05, 4.69) is 4.98 Å². The van der Waals surface area contributed by atoms with Gasteiger partial charge in [-0.2, -0.15) is 0 Å². The van der Waals surface area contributed by atoms with Crippen molar-refractivity contribution in [3.05, 3.63) is 76.3 Å². The average molecular weight is 297 g/mol. The molecule has 1 heterocycles. The van der Waals surface area contributed by atoms with Gasteiger partial charge >= 0.3 is 0 Å². The molecule has 22 heavy (non-hydrogen) atoms. The van der Waals surface area contributed by atoms with Crippen LogP contribution in [0.3, 0.4) is 0 Å². The molecule has 3 rings (SSSR count). The molecule has 3 aromatic rings. The fourth-order valence-corrected chi connectivity index (χ4v) is 2.13. The Hall–Kier alpha value is -2.95. The van der Waals surface area contributed by atoms with E-state index in [4.69, 9.17) is 4.74 Å². The van der Waals surface area contributed by atoms with E-state index in [9.17, 15) is 14.0 Å². The van der Waals surface area contributed by atoms with E-state index in [1.807, 2.05) is 6.07 Å². The number of carbonyl (C=O) groups excluding carboxylic acids is 1. The van der Waals surface area contributed by atoms with Gasteiger partial charge in [0.1, 0.15) is 11.6 Å². The summed E-state index contributed by atoms with van der Waals surface area (Å²) in [5.41, 5.74) is 0.672. The van der Waals surface area contributed by atoms with Crippen LogP contribution < -0.4 is 10.3 Å². The number of nitrogens with one attached hydrogen (secondary N) is 1. The van der Waals surface area contributed by atoms with Crippen molar-refractivity contribution in [2.75, 3.05) is 6.61 Å². The van der Waals surface area contributed by atoms with Gasteiger partial charge in [-0.25, -0.2) is 4.39 Å². The van der Waals surface area contributed by atoms with Gasteiger partial charge in [0.05, 0.1) is 5.52 Å². The predicted octanol–water partition coefficient (Wildman–Crippen LogP) is 2.93. The van der Waals surface area contributed by atoms with Gasteiger partial charge in [0.25, 0.3) is 0 Å². The smallest absolute Gasteiger partial charge is 0.248 e. The molecule has 0 atom stereocenters. The van der Waals surface area contributed by atoms with Gasteiger partial charge in [0, 0.05) is 17.0 Å². The molecule has 0 aliphatic rings. The monoisotopic (exact) mass is 297 g/mol. The van der Waals surface area contributed by atoms with E-state index < -0.39 is 5.82 Å². The van der Waals surface area contributed by atoms with Crippen molar-refractivity contribution in [2.24, 2.45) is 0 Å². The zero-order valence-corrected chi connectivity index (χ0v) is 11.5. The van der Waals surface area contributed by atoms with Gasteiger partial charge in [0.15, 0.2) is 12.4 Å². The second-order valence-electron chi connectivity index (χ2n) is 4.76. The van der Waals surface area contributed by atoms with Crippen molar-refractivity contribution in [1.29, 1.82) is 0 Å². The number of para-hydroxylation sites is 1. The quantitative estimate of drug-likeness (QED) is 0.753. The lowest BCUT2D eigenvalue weighted by atomic mass is 10.1. The fraction of sp³-hybridized carbons (Fsp3) is 0.0588. The summed E-state index contributed by atoms with van der Waals surface area (Å²) in [7, 11) is 0. The van der Waals surface area contributed by atoms with Gasteiger partial charge in [-0.05, 0) is 36.4 Å². The number of carbonyl (C=O) groups is 1. The van der Waals surface area contributed by atoms with Gasteiger partial charge in [-0.1, -0.05) is 12.1 Å². The number of halogens is 1. The Morgan fingerprint density at radius 1 is 1.05 bits per heavy atom. The number of ether oxygens (including phenoxy) is 1. The molecule has 0 spiro atoms. The zero-order valence-electron chi connectivity index (χ0n) is 11.5. The topological polar surface area (TPSA) is 59.2 Å². The number of ketones is 1. The molecule has 0 amide bonds. The Morgan fingerprint density at radius 3 is 2.59 bits per heavy atom. The number of hydrogen-bond donors (Lipinski definition) is 1. The number of pyridine rings is 1. The molecule has 0 radical (unpaired) electrons. The van der Waals surface area contributed by atoms with E-state index in [-0.39, 0.29) is 17.9 Å². The van der Waals surface area contributed by atoms with Crippen LogP contribution in [0.25, 0.3) is 10.9 Å². The Bertz CT molecular complexity index is 884. The van der Waals surface area contributed by atoms with E-state index in [0.29, 0.717) is 16.8 Å². The van der Waals surface area contributed by atoms with Crippen LogP contribution in [0.15, 0.2) is 59.4 Å². The molecule has 110 valence electrons. The summed E-state index contributed by atoms with van der Waals surface area (Å²) in [5, 5.41) is 0.811. The van der Waals surface area contributed by atoms with E-state index >= 15 is 0 Å². The van der Waals surface area contributed by atoms with E-state index in [1.54, 1.807) is 18.2 Å². The predicted molar refractivity (Wildman–Crippen MR) is 80.8 cm³/mol. The molecule has 0 saturated heterocycles. The number of Topliss-reactive ketones (excluding diaryl/α,β-unsaturated/α-hetero) is 1. The first-order valence-electron chi connectivity index (χ1n) is 6.67. The van der Waals surface area contributed by atoms with Crippen molar-refractivity contribution in [2.45, 2.75) is 0 Å². The maximum Gasteiger partial charge on any atom is 0.248 e. The highest BCUT2D eigenvalue weighted by molar-refractivity contribution is 5.97. The highest BCUT2D eigenvalue weighted by Crippen LogP contribution is 2.22. The number of fused-ring (bicyclic) bond motifs is 1. The van der Waals surface area contributed by atoms with Crippen molar-refractivity contribution in [1.82, 2.24) is 4.98 Å². The molecule has 0 bridgehead atoms. The summed E-state index contributed by atoms with van der Waals surface area (Å²) in [4.78, 5) is 26.1. The minimum absolute atomic E-state index is 0.193. The molecule has 0 aliphatic carbocycles. The van der Waals surface area contributed by atoms with Crippen molar-refractivity contribution in [3.63, 3.8) is 0 Å². The Kier molecular flexibility index (Phi) is 3.70. The van der Waals surface area contributed by atoms with Crippen LogP contribution in [-0.2, 0) is 0 Å². The van der Waals surface area contributed by atoms with Crippen molar-refractivity contribution >= 4 is 16.7 Å². The Labute approximate surface area is 125 Å². The first kappa shape index (κ1) is 14.0. The molecule has 4 nitrogen and oxygen atoms in total. The SMILES string of the molecule is O=C(COc1cccc2ccc(=O)[nH]c12)c1ccc(F)cc1. The third kappa shape index (κ3) is 2.88. The standard InChI is InChI=1S/C17H12FNO3/c18-13-7-4-11(5-8-13)14(20)10-22-15-3-1-2-12-6-9-16(21)19-17(12)15/h1-9H,10H2,(H,19,21). The summed E-state index contributed by atoms with van der Waals surface area (Å²) in [5.74, 6) is -0.245. The number of rotatable bonds is 4. The van der Waals surface area contributed by atoms with Crippen LogP contribution in [-0.4, -0.2) is 17.4 Å². The number of H-pyrrole nitrogens is 1. The maximum absolute atomic E-state index is 12.8. The third-order valence-electron chi connectivity index (χ3n) is 3.25. The molecular weight excluding hydrogens is 285 g/mol. The van der Waals surface area contributed by atoms with Crippen molar-refractivity contribution in [3.8, 4) is 5.75 Å². The summed E-state index contributed by atoms with van der Waals surface area (Å²) < 4.78 is 18.3.